The molecule has 0 aliphatic carbocycles. The summed E-state index contributed by atoms with van der Waals surface area (Å²) >= 11 is 1.70. The van der Waals surface area contributed by atoms with Crippen LogP contribution in [0.5, 0.6) is 0 Å². The highest BCUT2D eigenvalue weighted by Crippen LogP contribution is 2.36. The number of hydrogen-bond acceptors (Lipinski definition) is 6. The van der Waals surface area contributed by atoms with Gasteiger partial charge in [0.1, 0.15) is 23.2 Å². The molecule has 33 heavy (non-hydrogen) atoms. The number of pyridine rings is 1. The van der Waals surface area contributed by atoms with E-state index in [1.165, 1.54) is 16.5 Å². The van der Waals surface area contributed by atoms with E-state index in [4.69, 9.17) is 4.99 Å². The van der Waals surface area contributed by atoms with Gasteiger partial charge in [-0.2, -0.15) is 13.2 Å². The fourth-order valence-corrected chi connectivity index (χ4v) is 5.00. The summed E-state index contributed by atoms with van der Waals surface area (Å²) in [6, 6.07) is 9.94. The van der Waals surface area contributed by atoms with E-state index in [0.717, 1.165) is 45.8 Å². The van der Waals surface area contributed by atoms with E-state index in [-0.39, 0.29) is 0 Å². The molecule has 5 rings (SSSR count). The van der Waals surface area contributed by atoms with Crippen LogP contribution in [0.2, 0.25) is 0 Å². The first kappa shape index (κ1) is 21.3. The zero-order valence-corrected chi connectivity index (χ0v) is 18.8. The summed E-state index contributed by atoms with van der Waals surface area (Å²) in [6.45, 7) is 6.55. The molecule has 1 aliphatic rings. The van der Waals surface area contributed by atoms with Gasteiger partial charge >= 0.3 is 6.18 Å². The molecule has 0 spiro atoms. The van der Waals surface area contributed by atoms with Gasteiger partial charge in [0, 0.05) is 27.9 Å². The Hall–Kier alpha value is -3.53. The SMILES string of the molecule is Cc1sc2c(c1C)C(c1ccc(Nc3ccc(C(F)(F)F)cn3)cc1)=NCc1nnc(C)n1-2. The lowest BCUT2D eigenvalue weighted by Crippen LogP contribution is -2.07. The normalized spacial score (nSPS) is 13.2. The second-order valence-electron chi connectivity index (χ2n) is 7.76. The van der Waals surface area contributed by atoms with Crippen LogP contribution in [0.25, 0.3) is 5.00 Å². The van der Waals surface area contributed by atoms with Crippen molar-refractivity contribution in [3.05, 3.63) is 81.4 Å². The number of nitrogens with zero attached hydrogens (tertiary/aromatic N) is 5. The second kappa shape index (κ2) is 7.80. The predicted molar refractivity (Wildman–Crippen MR) is 122 cm³/mol. The van der Waals surface area contributed by atoms with Crippen molar-refractivity contribution >= 4 is 28.6 Å². The third-order valence-corrected chi connectivity index (χ3v) is 6.79. The molecule has 0 fully saturated rings. The Morgan fingerprint density at radius 3 is 2.42 bits per heavy atom. The van der Waals surface area contributed by atoms with Crippen LogP contribution >= 0.6 is 11.3 Å². The number of anilines is 2. The van der Waals surface area contributed by atoms with Crippen molar-refractivity contribution in [2.24, 2.45) is 4.99 Å². The molecule has 4 aromatic rings. The van der Waals surface area contributed by atoms with Crippen LogP contribution < -0.4 is 5.32 Å². The van der Waals surface area contributed by atoms with Crippen molar-refractivity contribution in [2.75, 3.05) is 5.32 Å². The van der Waals surface area contributed by atoms with Crippen LogP contribution in [0.1, 0.15) is 38.8 Å². The maximum atomic E-state index is 12.7. The van der Waals surface area contributed by atoms with Crippen molar-refractivity contribution in [3.63, 3.8) is 0 Å². The van der Waals surface area contributed by atoms with E-state index in [0.29, 0.717) is 18.1 Å². The Morgan fingerprint density at radius 2 is 1.76 bits per heavy atom. The molecule has 10 heteroatoms. The molecule has 1 aromatic carbocycles. The number of nitrogens with one attached hydrogen (secondary N) is 1. The average molecular weight is 469 g/mol. The average Bonchev–Trinajstić information content (AvgIpc) is 3.22. The van der Waals surface area contributed by atoms with E-state index < -0.39 is 11.7 Å². The van der Waals surface area contributed by atoms with Crippen molar-refractivity contribution in [2.45, 2.75) is 33.5 Å². The van der Waals surface area contributed by atoms with Gasteiger partial charge in [-0.25, -0.2) is 4.98 Å². The molecule has 0 radical (unpaired) electrons. The Balaban J connectivity index is 1.45. The van der Waals surface area contributed by atoms with Crippen LogP contribution in [-0.4, -0.2) is 25.5 Å². The number of halogens is 3. The first-order valence-corrected chi connectivity index (χ1v) is 11.0. The van der Waals surface area contributed by atoms with Gasteiger partial charge in [-0.05, 0) is 50.6 Å². The minimum absolute atomic E-state index is 0.336. The highest BCUT2D eigenvalue weighted by molar-refractivity contribution is 7.15. The topological polar surface area (TPSA) is 68.0 Å². The number of aliphatic imine (C=N–C) groups is 1. The number of aryl methyl sites for hydroxylation is 2. The van der Waals surface area contributed by atoms with Crippen molar-refractivity contribution in [3.8, 4) is 5.00 Å². The Morgan fingerprint density at radius 1 is 1.00 bits per heavy atom. The highest BCUT2D eigenvalue weighted by atomic mass is 32.1. The van der Waals surface area contributed by atoms with E-state index in [1.54, 1.807) is 11.3 Å². The Labute approximate surface area is 191 Å². The third kappa shape index (κ3) is 3.80. The molecular formula is C23H19F3N6S. The van der Waals surface area contributed by atoms with E-state index in [9.17, 15) is 13.2 Å². The first-order valence-electron chi connectivity index (χ1n) is 10.2. The minimum Gasteiger partial charge on any atom is -0.340 e. The molecule has 3 aromatic heterocycles. The molecule has 0 saturated heterocycles. The second-order valence-corrected chi connectivity index (χ2v) is 8.96. The lowest BCUT2D eigenvalue weighted by molar-refractivity contribution is -0.137. The summed E-state index contributed by atoms with van der Waals surface area (Å²) in [5, 5.41) is 12.6. The number of hydrogen-bond donors (Lipinski definition) is 1. The number of fused-ring (bicyclic) bond motifs is 3. The van der Waals surface area contributed by atoms with Crippen LogP contribution in [0.3, 0.4) is 0 Å². The van der Waals surface area contributed by atoms with Crippen LogP contribution in [0, 0.1) is 20.8 Å². The standard InChI is InChI=1S/C23H19F3N6S/c1-12-13(2)33-22-20(12)21(28-11-19-31-30-14(3)32(19)22)15-4-7-17(8-5-15)29-18-9-6-16(10-27-18)23(24,25)26/h4-10H,11H2,1-3H3,(H,27,29). The molecule has 0 atom stereocenters. The van der Waals surface area contributed by atoms with Gasteiger partial charge in [0.05, 0.1) is 11.3 Å². The number of alkyl halides is 3. The Bertz CT molecular complexity index is 1370. The number of benzene rings is 1. The lowest BCUT2D eigenvalue weighted by Gasteiger charge is -2.11. The maximum absolute atomic E-state index is 12.7. The molecule has 6 nitrogen and oxygen atoms in total. The summed E-state index contributed by atoms with van der Waals surface area (Å²) in [7, 11) is 0. The smallest absolute Gasteiger partial charge is 0.340 e. The van der Waals surface area contributed by atoms with Crippen molar-refractivity contribution in [1.29, 1.82) is 0 Å². The van der Waals surface area contributed by atoms with Gasteiger partial charge in [0.2, 0.25) is 0 Å². The molecule has 0 unspecified atom stereocenters. The summed E-state index contributed by atoms with van der Waals surface area (Å²) in [6.07, 6.45) is -3.59. The van der Waals surface area contributed by atoms with Crippen LogP contribution in [0.15, 0.2) is 47.6 Å². The van der Waals surface area contributed by atoms with Gasteiger partial charge < -0.3 is 5.32 Å². The van der Waals surface area contributed by atoms with Crippen LogP contribution in [-0.2, 0) is 12.7 Å². The molecule has 0 amide bonds. The third-order valence-electron chi connectivity index (χ3n) is 5.60. The van der Waals surface area contributed by atoms with Crippen molar-refractivity contribution in [1.82, 2.24) is 19.7 Å². The van der Waals surface area contributed by atoms with Gasteiger partial charge in [-0.1, -0.05) is 12.1 Å². The molecule has 1 N–H and O–H groups in total. The van der Waals surface area contributed by atoms with E-state index >= 15 is 0 Å². The summed E-state index contributed by atoms with van der Waals surface area (Å²) < 4.78 is 40.3. The quantitative estimate of drug-likeness (QED) is 0.415. The maximum Gasteiger partial charge on any atom is 0.417 e. The zero-order chi connectivity index (χ0) is 23.3. The summed E-state index contributed by atoms with van der Waals surface area (Å²) in [5.41, 5.74) is 4.01. The highest BCUT2D eigenvalue weighted by Gasteiger charge is 2.30. The molecule has 4 heterocycles. The van der Waals surface area contributed by atoms with E-state index in [1.807, 2.05) is 31.2 Å². The molecule has 0 saturated carbocycles. The molecule has 1 aliphatic heterocycles. The zero-order valence-electron chi connectivity index (χ0n) is 18.0. The van der Waals surface area contributed by atoms with Gasteiger partial charge in [0.15, 0.2) is 5.82 Å². The molecule has 0 bridgehead atoms. The largest absolute Gasteiger partial charge is 0.417 e. The minimum atomic E-state index is -4.41. The lowest BCUT2D eigenvalue weighted by atomic mass is 9.99. The Kier molecular flexibility index (Phi) is 5.04. The van der Waals surface area contributed by atoms with Crippen molar-refractivity contribution < 1.29 is 13.2 Å². The van der Waals surface area contributed by atoms with Gasteiger partial charge in [-0.15, -0.1) is 21.5 Å². The summed E-state index contributed by atoms with van der Waals surface area (Å²) in [5.74, 6) is 1.96. The van der Waals surface area contributed by atoms with E-state index in [2.05, 4.69) is 38.9 Å². The molecule has 168 valence electrons. The fraction of sp³-hybridized carbons (Fsp3) is 0.217. The van der Waals surface area contributed by atoms with Gasteiger partial charge in [-0.3, -0.25) is 9.56 Å². The summed E-state index contributed by atoms with van der Waals surface area (Å²) in [4.78, 5) is 9.94. The number of aromatic nitrogens is 4. The fourth-order valence-electron chi connectivity index (χ4n) is 3.78. The number of thiophene rings is 1. The van der Waals surface area contributed by atoms with Gasteiger partial charge in [0.25, 0.3) is 0 Å². The molecular weight excluding hydrogens is 449 g/mol. The van der Waals surface area contributed by atoms with Crippen LogP contribution in [0.4, 0.5) is 24.7 Å². The monoisotopic (exact) mass is 468 g/mol. The number of rotatable bonds is 3. The predicted octanol–water partition coefficient (Wildman–Crippen LogP) is 5.76. The first-order chi connectivity index (χ1) is 15.7.